The highest BCUT2D eigenvalue weighted by molar-refractivity contribution is 14.1. The molecule has 0 saturated carbocycles. The molecule has 0 atom stereocenters. The van der Waals surface area contributed by atoms with Gasteiger partial charge in [0, 0.05) is 21.2 Å². The van der Waals surface area contributed by atoms with Crippen LogP contribution in [0.3, 0.4) is 0 Å². The third-order valence-electron chi connectivity index (χ3n) is 2.91. The smallest absolute Gasteiger partial charge is 0.123 e. The first kappa shape index (κ1) is 11.2. The molecule has 0 amide bonds. The molecule has 1 heterocycles. The number of methoxy groups -OCH3 is 1. The van der Waals surface area contributed by atoms with E-state index in [2.05, 4.69) is 53.9 Å². The lowest BCUT2D eigenvalue weighted by Crippen LogP contribution is -2.44. The van der Waals surface area contributed by atoms with Crippen LogP contribution in [0.1, 0.15) is 25.0 Å². The molecule has 1 aliphatic rings. The number of nitrogens with one attached hydrogen (secondary N) is 1. The summed E-state index contributed by atoms with van der Waals surface area (Å²) in [6, 6.07) is 4.19. The number of benzene rings is 1. The van der Waals surface area contributed by atoms with Crippen molar-refractivity contribution in [2.24, 2.45) is 0 Å². The quantitative estimate of drug-likeness (QED) is 0.804. The molecule has 1 aromatic carbocycles. The molecule has 3 heteroatoms. The number of rotatable bonds is 1. The SMILES string of the molecule is COc1ccc(I)c2c1CNC(C)(C)C2. The highest BCUT2D eigenvalue weighted by Crippen LogP contribution is 2.32. The maximum absolute atomic E-state index is 5.39. The monoisotopic (exact) mass is 317 g/mol. The first-order chi connectivity index (χ1) is 7.03. The average Bonchev–Trinajstić information content (AvgIpc) is 2.18. The van der Waals surface area contributed by atoms with Gasteiger partial charge in [-0.1, -0.05) is 0 Å². The molecule has 0 unspecified atom stereocenters. The van der Waals surface area contributed by atoms with Gasteiger partial charge in [0.1, 0.15) is 5.75 Å². The van der Waals surface area contributed by atoms with Crippen LogP contribution >= 0.6 is 22.6 Å². The minimum atomic E-state index is 0.194. The molecule has 82 valence electrons. The topological polar surface area (TPSA) is 21.3 Å². The van der Waals surface area contributed by atoms with Gasteiger partial charge in [0.2, 0.25) is 0 Å². The van der Waals surface area contributed by atoms with Gasteiger partial charge in [0.15, 0.2) is 0 Å². The van der Waals surface area contributed by atoms with Crippen molar-refractivity contribution in [3.63, 3.8) is 0 Å². The highest BCUT2D eigenvalue weighted by atomic mass is 127. The molecular weight excluding hydrogens is 301 g/mol. The van der Waals surface area contributed by atoms with E-state index < -0.39 is 0 Å². The molecule has 1 aromatic rings. The summed E-state index contributed by atoms with van der Waals surface area (Å²) in [6.07, 6.45) is 1.07. The van der Waals surface area contributed by atoms with Crippen LogP contribution in [0.5, 0.6) is 5.75 Å². The van der Waals surface area contributed by atoms with Crippen LogP contribution in [0.15, 0.2) is 12.1 Å². The Morgan fingerprint density at radius 2 is 2.07 bits per heavy atom. The normalized spacial score (nSPS) is 18.4. The molecule has 0 radical (unpaired) electrons. The van der Waals surface area contributed by atoms with E-state index in [1.807, 2.05) is 0 Å². The third-order valence-corrected chi connectivity index (χ3v) is 3.92. The van der Waals surface area contributed by atoms with Crippen molar-refractivity contribution in [1.29, 1.82) is 0 Å². The lowest BCUT2D eigenvalue weighted by molar-refractivity contribution is 0.346. The second-order valence-electron chi connectivity index (χ2n) is 4.62. The van der Waals surface area contributed by atoms with Gasteiger partial charge in [-0.2, -0.15) is 0 Å². The van der Waals surface area contributed by atoms with E-state index in [1.54, 1.807) is 7.11 Å². The van der Waals surface area contributed by atoms with E-state index in [9.17, 15) is 0 Å². The average molecular weight is 317 g/mol. The Labute approximate surface area is 105 Å². The summed E-state index contributed by atoms with van der Waals surface area (Å²) in [4.78, 5) is 0. The summed E-state index contributed by atoms with van der Waals surface area (Å²) >= 11 is 2.41. The minimum absolute atomic E-state index is 0.194. The number of hydrogen-bond acceptors (Lipinski definition) is 2. The standard InChI is InChI=1S/C12H16INO/c1-12(2)6-8-9(7-14-12)11(15-3)5-4-10(8)13/h4-5,14H,6-7H2,1-3H3. The zero-order chi connectivity index (χ0) is 11.1. The van der Waals surface area contributed by atoms with Crippen LogP contribution in [0.25, 0.3) is 0 Å². The van der Waals surface area contributed by atoms with Gasteiger partial charge in [0.05, 0.1) is 7.11 Å². The molecule has 15 heavy (non-hydrogen) atoms. The zero-order valence-electron chi connectivity index (χ0n) is 9.36. The lowest BCUT2D eigenvalue weighted by Gasteiger charge is -2.34. The van der Waals surface area contributed by atoms with Gasteiger partial charge < -0.3 is 10.1 Å². The number of halogens is 1. The summed E-state index contributed by atoms with van der Waals surface area (Å²) in [5.74, 6) is 1.01. The van der Waals surface area contributed by atoms with E-state index in [0.717, 1.165) is 18.7 Å². The van der Waals surface area contributed by atoms with Gasteiger partial charge in [0.25, 0.3) is 0 Å². The molecule has 0 fully saturated rings. The van der Waals surface area contributed by atoms with Crippen LogP contribution in [0.4, 0.5) is 0 Å². The largest absolute Gasteiger partial charge is 0.496 e. The van der Waals surface area contributed by atoms with Crippen LogP contribution in [0.2, 0.25) is 0 Å². The van der Waals surface area contributed by atoms with E-state index in [-0.39, 0.29) is 5.54 Å². The van der Waals surface area contributed by atoms with Crippen molar-refractivity contribution < 1.29 is 4.74 Å². The Bertz CT molecular complexity index is 387. The summed E-state index contributed by atoms with van der Waals surface area (Å²) in [7, 11) is 1.74. The van der Waals surface area contributed by atoms with E-state index in [1.165, 1.54) is 14.7 Å². The molecule has 0 saturated heterocycles. The highest BCUT2D eigenvalue weighted by Gasteiger charge is 2.27. The maximum Gasteiger partial charge on any atom is 0.123 e. The predicted octanol–water partition coefficient (Wildman–Crippen LogP) is 2.72. The fourth-order valence-corrected chi connectivity index (χ4v) is 2.75. The van der Waals surface area contributed by atoms with Crippen molar-refractivity contribution in [1.82, 2.24) is 5.32 Å². The Kier molecular flexibility index (Phi) is 2.94. The van der Waals surface area contributed by atoms with Gasteiger partial charge in [-0.3, -0.25) is 0 Å². The van der Waals surface area contributed by atoms with Gasteiger partial charge in [-0.25, -0.2) is 0 Å². The Morgan fingerprint density at radius 3 is 2.73 bits per heavy atom. The molecule has 1 aliphatic heterocycles. The van der Waals surface area contributed by atoms with Gasteiger partial charge in [-0.15, -0.1) is 0 Å². The van der Waals surface area contributed by atoms with Crippen LogP contribution in [-0.2, 0) is 13.0 Å². The second kappa shape index (κ2) is 3.94. The van der Waals surface area contributed by atoms with Crippen molar-refractivity contribution in [2.45, 2.75) is 32.4 Å². The lowest BCUT2D eigenvalue weighted by atomic mass is 9.87. The Morgan fingerprint density at radius 1 is 1.33 bits per heavy atom. The summed E-state index contributed by atoms with van der Waals surface area (Å²) in [6.45, 7) is 5.39. The van der Waals surface area contributed by atoms with E-state index >= 15 is 0 Å². The summed E-state index contributed by atoms with van der Waals surface area (Å²) < 4.78 is 6.74. The maximum atomic E-state index is 5.39. The first-order valence-corrected chi connectivity index (χ1v) is 6.21. The fraction of sp³-hybridized carbons (Fsp3) is 0.500. The Hall–Kier alpha value is -0.290. The van der Waals surface area contributed by atoms with Crippen molar-refractivity contribution >= 4 is 22.6 Å². The number of hydrogen-bond donors (Lipinski definition) is 1. The second-order valence-corrected chi connectivity index (χ2v) is 5.78. The van der Waals surface area contributed by atoms with Crippen molar-refractivity contribution in [2.75, 3.05) is 7.11 Å². The summed E-state index contributed by atoms with van der Waals surface area (Å²) in [5, 5.41) is 3.53. The molecular formula is C12H16INO. The molecule has 0 aliphatic carbocycles. The zero-order valence-corrected chi connectivity index (χ0v) is 11.5. The van der Waals surface area contributed by atoms with Crippen molar-refractivity contribution in [3.8, 4) is 5.75 Å². The Balaban J connectivity index is 2.50. The summed E-state index contributed by atoms with van der Waals surface area (Å²) in [5.41, 5.74) is 2.96. The van der Waals surface area contributed by atoms with Crippen LogP contribution in [-0.4, -0.2) is 12.6 Å². The number of ether oxygens (including phenoxy) is 1. The first-order valence-electron chi connectivity index (χ1n) is 5.13. The van der Waals surface area contributed by atoms with Gasteiger partial charge >= 0.3 is 0 Å². The predicted molar refractivity (Wildman–Crippen MR) is 70.3 cm³/mol. The molecule has 0 aromatic heterocycles. The van der Waals surface area contributed by atoms with Crippen molar-refractivity contribution in [3.05, 3.63) is 26.8 Å². The molecule has 2 nitrogen and oxygen atoms in total. The minimum Gasteiger partial charge on any atom is -0.496 e. The van der Waals surface area contributed by atoms with E-state index in [4.69, 9.17) is 4.74 Å². The third kappa shape index (κ3) is 2.13. The van der Waals surface area contributed by atoms with Gasteiger partial charge in [-0.05, 0) is 60.6 Å². The van der Waals surface area contributed by atoms with Crippen LogP contribution < -0.4 is 10.1 Å². The molecule has 1 N–H and O–H groups in total. The van der Waals surface area contributed by atoms with E-state index in [0.29, 0.717) is 0 Å². The molecule has 0 bridgehead atoms. The molecule has 2 rings (SSSR count). The molecule has 0 spiro atoms. The van der Waals surface area contributed by atoms with Crippen LogP contribution in [0, 0.1) is 3.57 Å². The fourth-order valence-electron chi connectivity index (χ4n) is 2.05. The number of fused-ring (bicyclic) bond motifs is 1.